The molecule has 0 atom stereocenters. The van der Waals surface area contributed by atoms with Crippen molar-refractivity contribution in [1.29, 1.82) is 0 Å². The minimum atomic E-state index is -4.78. The number of rotatable bonds is 7. The summed E-state index contributed by atoms with van der Waals surface area (Å²) in [6, 6.07) is 6.02. The molecule has 1 N–H and O–H groups in total. The Morgan fingerprint density at radius 3 is 2.58 bits per heavy atom. The number of alkyl halides is 3. The number of carbonyl (C=O) groups is 1. The molecule has 1 saturated heterocycles. The van der Waals surface area contributed by atoms with Gasteiger partial charge in [0.1, 0.15) is 10.9 Å². The van der Waals surface area contributed by atoms with Gasteiger partial charge < -0.3 is 19.3 Å². The Bertz CT molecular complexity index is 1320. The van der Waals surface area contributed by atoms with Crippen LogP contribution in [0.25, 0.3) is 16.6 Å². The quantitative estimate of drug-likeness (QED) is 0.344. The molecule has 6 nitrogen and oxygen atoms in total. The number of fused-ring (bicyclic) bond motifs is 1. The number of nitrogens with zero attached hydrogens (tertiary/aromatic N) is 3. The van der Waals surface area contributed by atoms with E-state index >= 15 is 0 Å². The SMILES string of the molecule is C=C(c1cnc(Cl)c(Cc2cc3ccc(OC(F)(F)F)cc3n2C)c1Cl)N1CCC(CC(=O)O)CC1. The highest BCUT2D eigenvalue weighted by molar-refractivity contribution is 6.36. The average molecular weight is 542 g/mol. The van der Waals surface area contributed by atoms with E-state index in [1.807, 2.05) is 6.07 Å². The number of benzene rings is 1. The fourth-order valence-corrected chi connectivity index (χ4v) is 5.17. The van der Waals surface area contributed by atoms with Gasteiger partial charge in [-0.05, 0) is 37.0 Å². The van der Waals surface area contributed by atoms with Crippen LogP contribution in [0.15, 0.2) is 37.0 Å². The Hall–Kier alpha value is -2.91. The summed E-state index contributed by atoms with van der Waals surface area (Å²) in [5.74, 6) is -0.959. The fourth-order valence-electron chi connectivity index (χ4n) is 4.60. The topological polar surface area (TPSA) is 67.6 Å². The van der Waals surface area contributed by atoms with E-state index < -0.39 is 12.3 Å². The van der Waals surface area contributed by atoms with Crippen LogP contribution in [-0.4, -0.2) is 45.0 Å². The van der Waals surface area contributed by atoms with Gasteiger partial charge in [0.15, 0.2) is 0 Å². The van der Waals surface area contributed by atoms with Crippen LogP contribution in [-0.2, 0) is 18.3 Å². The second kappa shape index (κ2) is 10.2. The molecule has 36 heavy (non-hydrogen) atoms. The number of halogens is 5. The van der Waals surface area contributed by atoms with Crippen LogP contribution in [0, 0.1) is 5.92 Å². The van der Waals surface area contributed by atoms with Crippen LogP contribution >= 0.6 is 23.2 Å². The summed E-state index contributed by atoms with van der Waals surface area (Å²) >= 11 is 13.2. The van der Waals surface area contributed by atoms with Gasteiger partial charge in [0.2, 0.25) is 0 Å². The number of aliphatic carboxylic acids is 1. The van der Waals surface area contributed by atoms with Crippen molar-refractivity contribution < 1.29 is 27.8 Å². The van der Waals surface area contributed by atoms with Crippen LogP contribution in [0.4, 0.5) is 13.2 Å². The van der Waals surface area contributed by atoms with Gasteiger partial charge in [0.25, 0.3) is 0 Å². The van der Waals surface area contributed by atoms with E-state index in [-0.39, 0.29) is 23.2 Å². The number of likely N-dealkylation sites (tertiary alicyclic amines) is 1. The molecular formula is C25H24Cl2F3N3O3. The molecular weight excluding hydrogens is 518 g/mol. The predicted molar refractivity (Wildman–Crippen MR) is 132 cm³/mol. The minimum absolute atomic E-state index is 0.134. The molecule has 11 heteroatoms. The van der Waals surface area contributed by atoms with Gasteiger partial charge in [-0.2, -0.15) is 0 Å². The average Bonchev–Trinajstić information content (AvgIpc) is 3.10. The lowest BCUT2D eigenvalue weighted by atomic mass is 9.93. The summed E-state index contributed by atoms with van der Waals surface area (Å²) in [5.41, 5.74) is 3.24. The number of carboxylic acids is 1. The monoisotopic (exact) mass is 541 g/mol. The van der Waals surface area contributed by atoms with Crippen molar-refractivity contribution in [3.63, 3.8) is 0 Å². The molecule has 1 fully saturated rings. The van der Waals surface area contributed by atoms with Gasteiger partial charge in [-0.25, -0.2) is 4.98 Å². The van der Waals surface area contributed by atoms with Crippen molar-refractivity contribution in [1.82, 2.24) is 14.5 Å². The fraction of sp³-hybridized carbons (Fsp3) is 0.360. The normalized spacial score (nSPS) is 14.9. The van der Waals surface area contributed by atoms with Crippen molar-refractivity contribution >= 4 is 45.8 Å². The third-order valence-electron chi connectivity index (χ3n) is 6.54. The first kappa shape index (κ1) is 26.2. The molecule has 0 saturated carbocycles. The van der Waals surface area contributed by atoms with Crippen molar-refractivity contribution in [3.8, 4) is 5.75 Å². The molecule has 1 aromatic carbocycles. The van der Waals surface area contributed by atoms with Gasteiger partial charge in [-0.3, -0.25) is 4.79 Å². The van der Waals surface area contributed by atoms with E-state index in [1.54, 1.807) is 23.9 Å². The number of ether oxygens (including phenoxy) is 1. The summed E-state index contributed by atoms with van der Waals surface area (Å²) < 4.78 is 43.7. The molecule has 0 spiro atoms. The molecule has 0 radical (unpaired) electrons. The largest absolute Gasteiger partial charge is 0.573 e. The first-order valence-corrected chi connectivity index (χ1v) is 12.0. The van der Waals surface area contributed by atoms with E-state index in [9.17, 15) is 18.0 Å². The number of carboxylic acid groups (broad SMARTS) is 1. The Kier molecular flexibility index (Phi) is 7.43. The van der Waals surface area contributed by atoms with Gasteiger partial charge in [-0.15, -0.1) is 13.2 Å². The minimum Gasteiger partial charge on any atom is -0.481 e. The van der Waals surface area contributed by atoms with Gasteiger partial charge in [0, 0.05) is 73.1 Å². The third kappa shape index (κ3) is 5.73. The highest BCUT2D eigenvalue weighted by Crippen LogP contribution is 2.36. The summed E-state index contributed by atoms with van der Waals surface area (Å²) in [6.45, 7) is 5.52. The molecule has 0 amide bonds. The first-order valence-electron chi connectivity index (χ1n) is 11.3. The number of pyridine rings is 1. The molecule has 0 unspecified atom stereocenters. The number of hydrogen-bond donors (Lipinski definition) is 1. The van der Waals surface area contributed by atoms with E-state index in [0.29, 0.717) is 46.9 Å². The molecule has 1 aliphatic rings. The van der Waals surface area contributed by atoms with Crippen molar-refractivity contribution in [3.05, 3.63) is 64.0 Å². The molecule has 3 aromatic rings. The van der Waals surface area contributed by atoms with Crippen LogP contribution in [0.1, 0.15) is 36.1 Å². The van der Waals surface area contributed by atoms with Gasteiger partial charge in [0.05, 0.1) is 10.5 Å². The van der Waals surface area contributed by atoms with E-state index in [4.69, 9.17) is 28.3 Å². The second-order valence-corrected chi connectivity index (χ2v) is 9.61. The standard InChI is InChI=1S/C25H24Cl2F3N3O3/c1-14(33-7-5-15(6-8-33)9-22(34)35)20-13-31-24(27)19(23(20)26)11-17-10-16-3-4-18(36-25(28,29)30)12-21(16)32(17)2/h3-4,10,12-13,15H,1,5-9,11H2,2H3,(H,34,35). The lowest BCUT2D eigenvalue weighted by Crippen LogP contribution is -2.33. The highest BCUT2D eigenvalue weighted by Gasteiger charge is 2.31. The van der Waals surface area contributed by atoms with Crippen LogP contribution in [0.2, 0.25) is 10.2 Å². The molecule has 1 aliphatic heterocycles. The number of piperidine rings is 1. The zero-order chi connectivity index (χ0) is 26.2. The van der Waals surface area contributed by atoms with E-state index in [2.05, 4.69) is 21.2 Å². The molecule has 192 valence electrons. The summed E-state index contributed by atoms with van der Waals surface area (Å²) in [7, 11) is 1.74. The molecule has 0 bridgehead atoms. The maximum atomic E-state index is 12.6. The Morgan fingerprint density at radius 2 is 1.94 bits per heavy atom. The Morgan fingerprint density at radius 1 is 1.25 bits per heavy atom. The summed E-state index contributed by atoms with van der Waals surface area (Å²) in [6.07, 6.45) is -1.26. The zero-order valence-corrected chi connectivity index (χ0v) is 20.9. The molecule has 3 heterocycles. The second-order valence-electron chi connectivity index (χ2n) is 8.87. The first-order chi connectivity index (χ1) is 16.9. The van der Waals surface area contributed by atoms with E-state index in [1.165, 1.54) is 12.1 Å². The van der Waals surface area contributed by atoms with Crippen LogP contribution < -0.4 is 4.74 Å². The summed E-state index contributed by atoms with van der Waals surface area (Å²) in [4.78, 5) is 17.4. The lowest BCUT2D eigenvalue weighted by Gasteiger charge is -2.34. The Balaban J connectivity index is 1.57. The maximum absolute atomic E-state index is 12.6. The maximum Gasteiger partial charge on any atom is 0.573 e. The molecule has 2 aromatic heterocycles. The smallest absolute Gasteiger partial charge is 0.481 e. The number of aromatic nitrogens is 2. The van der Waals surface area contributed by atoms with Gasteiger partial charge in [-0.1, -0.05) is 29.8 Å². The van der Waals surface area contributed by atoms with Crippen LogP contribution in [0.5, 0.6) is 5.75 Å². The van der Waals surface area contributed by atoms with Crippen molar-refractivity contribution in [2.45, 2.75) is 32.0 Å². The third-order valence-corrected chi connectivity index (χ3v) is 7.29. The van der Waals surface area contributed by atoms with Gasteiger partial charge >= 0.3 is 12.3 Å². The molecule has 0 aliphatic carbocycles. The lowest BCUT2D eigenvalue weighted by molar-refractivity contribution is -0.274. The predicted octanol–water partition coefficient (Wildman–Crippen LogP) is 6.53. The number of aryl methyl sites for hydroxylation is 1. The molecule has 4 rings (SSSR count). The Labute approximate surface area is 215 Å². The van der Waals surface area contributed by atoms with E-state index in [0.717, 1.165) is 23.9 Å². The van der Waals surface area contributed by atoms with Crippen molar-refractivity contribution in [2.75, 3.05) is 13.1 Å². The van der Waals surface area contributed by atoms with Crippen molar-refractivity contribution in [2.24, 2.45) is 13.0 Å². The van der Waals surface area contributed by atoms with Crippen LogP contribution in [0.3, 0.4) is 0 Å². The summed E-state index contributed by atoms with van der Waals surface area (Å²) in [5, 5.41) is 10.4. The number of hydrogen-bond acceptors (Lipinski definition) is 4. The zero-order valence-electron chi connectivity index (χ0n) is 19.4. The highest BCUT2D eigenvalue weighted by atomic mass is 35.5.